The molecule has 0 heterocycles. The normalized spacial score (nSPS) is 10.6. The molecule has 0 unspecified atom stereocenters. The van der Waals surface area contributed by atoms with Crippen LogP contribution in [0.15, 0.2) is 28.7 Å². The van der Waals surface area contributed by atoms with E-state index in [2.05, 4.69) is 58.9 Å². The highest BCUT2D eigenvalue weighted by Crippen LogP contribution is 2.26. The Morgan fingerprint density at radius 1 is 0.889 bits per heavy atom. The van der Waals surface area contributed by atoms with Gasteiger partial charge < -0.3 is 4.90 Å². The zero-order valence-corrected chi connectivity index (χ0v) is 13.4. The largest absolute Gasteiger partial charge is 0.371 e. The van der Waals surface area contributed by atoms with Crippen molar-refractivity contribution < 1.29 is 0 Å². The number of unbranched alkanes of at least 4 members (excludes halogenated alkanes) is 4. The van der Waals surface area contributed by atoms with E-state index in [0.29, 0.717) is 0 Å². The van der Waals surface area contributed by atoms with Gasteiger partial charge in [0, 0.05) is 17.6 Å². The van der Waals surface area contributed by atoms with Gasteiger partial charge in [-0.1, -0.05) is 51.7 Å². The maximum atomic E-state index is 3.67. The van der Waals surface area contributed by atoms with Gasteiger partial charge in [0.25, 0.3) is 0 Å². The third kappa shape index (κ3) is 5.43. The third-order valence-corrected chi connectivity index (χ3v) is 3.93. The lowest BCUT2D eigenvalue weighted by Gasteiger charge is -2.26. The van der Waals surface area contributed by atoms with E-state index in [4.69, 9.17) is 0 Å². The van der Waals surface area contributed by atoms with E-state index in [-0.39, 0.29) is 0 Å². The lowest BCUT2D eigenvalue weighted by Crippen LogP contribution is -2.26. The van der Waals surface area contributed by atoms with Crippen LogP contribution in [0.2, 0.25) is 0 Å². The summed E-state index contributed by atoms with van der Waals surface area (Å²) in [6.07, 6.45) is 7.83. The van der Waals surface area contributed by atoms with Crippen LogP contribution < -0.4 is 4.90 Å². The van der Waals surface area contributed by atoms with Gasteiger partial charge >= 0.3 is 0 Å². The average molecular weight is 312 g/mol. The van der Waals surface area contributed by atoms with Gasteiger partial charge in [0.2, 0.25) is 0 Å². The van der Waals surface area contributed by atoms with Crippen LogP contribution in [-0.2, 0) is 0 Å². The monoisotopic (exact) mass is 311 g/mol. The zero-order chi connectivity index (χ0) is 13.2. The number of nitrogens with zero attached hydrogens (tertiary/aromatic N) is 1. The van der Waals surface area contributed by atoms with Gasteiger partial charge in [0.05, 0.1) is 5.69 Å². The molecule has 0 saturated carbocycles. The Labute approximate surface area is 121 Å². The predicted molar refractivity (Wildman–Crippen MR) is 85.4 cm³/mol. The number of halogens is 1. The molecule has 1 aromatic rings. The summed E-state index contributed by atoms with van der Waals surface area (Å²) in [5.41, 5.74) is 1.35. The quantitative estimate of drug-likeness (QED) is 0.534. The summed E-state index contributed by atoms with van der Waals surface area (Å²) in [6.45, 7) is 6.89. The third-order valence-electron chi connectivity index (χ3n) is 3.26. The van der Waals surface area contributed by atoms with E-state index in [1.54, 1.807) is 0 Å². The van der Waals surface area contributed by atoms with Gasteiger partial charge in [-0.3, -0.25) is 0 Å². The minimum Gasteiger partial charge on any atom is -0.371 e. The van der Waals surface area contributed by atoms with Crippen LogP contribution in [0.4, 0.5) is 5.69 Å². The van der Waals surface area contributed by atoms with Crippen molar-refractivity contribution in [1.82, 2.24) is 0 Å². The first-order valence-corrected chi connectivity index (χ1v) is 8.08. The van der Waals surface area contributed by atoms with Crippen molar-refractivity contribution in [3.8, 4) is 0 Å². The van der Waals surface area contributed by atoms with Crippen molar-refractivity contribution in [3.63, 3.8) is 0 Å². The Bertz CT molecular complexity index is 315. The number of anilines is 1. The Balaban J connectivity index is 2.60. The van der Waals surface area contributed by atoms with E-state index >= 15 is 0 Å². The number of para-hydroxylation sites is 1. The minimum absolute atomic E-state index is 1.18. The van der Waals surface area contributed by atoms with E-state index in [0.717, 1.165) is 0 Å². The number of hydrogen-bond acceptors (Lipinski definition) is 1. The number of rotatable bonds is 9. The fourth-order valence-electron chi connectivity index (χ4n) is 2.17. The molecule has 0 spiro atoms. The average Bonchev–Trinajstić information content (AvgIpc) is 2.38. The lowest BCUT2D eigenvalue weighted by atomic mass is 10.2. The van der Waals surface area contributed by atoms with Crippen molar-refractivity contribution in [3.05, 3.63) is 28.7 Å². The summed E-state index contributed by atoms with van der Waals surface area (Å²) in [4.78, 5) is 2.54. The van der Waals surface area contributed by atoms with Gasteiger partial charge in [0.1, 0.15) is 0 Å². The molecule has 0 fully saturated rings. The molecule has 102 valence electrons. The van der Waals surface area contributed by atoms with Crippen molar-refractivity contribution >= 4 is 21.6 Å². The number of hydrogen-bond donors (Lipinski definition) is 0. The van der Waals surface area contributed by atoms with Crippen LogP contribution in [0.5, 0.6) is 0 Å². The van der Waals surface area contributed by atoms with Crippen LogP contribution in [-0.4, -0.2) is 13.1 Å². The molecule has 0 N–H and O–H groups in total. The highest BCUT2D eigenvalue weighted by atomic mass is 79.9. The summed E-state index contributed by atoms with van der Waals surface area (Å²) in [5.74, 6) is 0. The van der Waals surface area contributed by atoms with Gasteiger partial charge in [0.15, 0.2) is 0 Å². The smallest absolute Gasteiger partial charge is 0.0510 e. The first-order valence-electron chi connectivity index (χ1n) is 7.29. The second-order valence-electron chi connectivity index (χ2n) is 4.85. The first kappa shape index (κ1) is 15.6. The zero-order valence-electron chi connectivity index (χ0n) is 11.8. The topological polar surface area (TPSA) is 3.24 Å². The molecule has 1 aromatic carbocycles. The van der Waals surface area contributed by atoms with Gasteiger partial charge in [-0.2, -0.15) is 0 Å². The summed E-state index contributed by atoms with van der Waals surface area (Å²) < 4.78 is 1.22. The van der Waals surface area contributed by atoms with Crippen molar-refractivity contribution in [2.75, 3.05) is 18.0 Å². The molecule has 0 aliphatic rings. The second kappa shape index (κ2) is 9.43. The van der Waals surface area contributed by atoms with Crippen LogP contribution in [0.3, 0.4) is 0 Å². The maximum Gasteiger partial charge on any atom is 0.0510 e. The molecule has 0 aliphatic heterocycles. The molecule has 1 rings (SSSR count). The highest BCUT2D eigenvalue weighted by Gasteiger charge is 2.08. The van der Waals surface area contributed by atoms with Crippen LogP contribution >= 0.6 is 15.9 Å². The molecular weight excluding hydrogens is 286 g/mol. The van der Waals surface area contributed by atoms with Crippen LogP contribution in [0.25, 0.3) is 0 Å². The molecule has 0 bridgehead atoms. The van der Waals surface area contributed by atoms with Gasteiger partial charge in [-0.15, -0.1) is 0 Å². The summed E-state index contributed by atoms with van der Waals surface area (Å²) in [5, 5.41) is 0. The molecule has 0 aromatic heterocycles. The number of benzene rings is 1. The molecule has 18 heavy (non-hydrogen) atoms. The van der Waals surface area contributed by atoms with E-state index < -0.39 is 0 Å². The first-order chi connectivity index (χ1) is 8.79. The molecular formula is C16H26BrN. The van der Waals surface area contributed by atoms with Gasteiger partial charge in [-0.05, 0) is 40.9 Å². The maximum absolute atomic E-state index is 3.67. The predicted octanol–water partition coefficient (Wildman–Crippen LogP) is 5.64. The van der Waals surface area contributed by atoms with E-state index in [1.807, 2.05) is 0 Å². The molecule has 0 saturated heterocycles. The molecule has 0 atom stereocenters. The highest BCUT2D eigenvalue weighted by molar-refractivity contribution is 9.10. The molecule has 1 nitrogen and oxygen atoms in total. The summed E-state index contributed by atoms with van der Waals surface area (Å²) in [6, 6.07) is 8.58. The Morgan fingerprint density at radius 2 is 1.44 bits per heavy atom. The minimum atomic E-state index is 1.18. The molecule has 0 amide bonds. The Hall–Kier alpha value is -0.500. The fraction of sp³-hybridized carbons (Fsp3) is 0.625. The molecule has 0 aliphatic carbocycles. The Morgan fingerprint density at radius 3 is 1.94 bits per heavy atom. The molecule has 2 heteroatoms. The Kier molecular flexibility index (Phi) is 8.15. The van der Waals surface area contributed by atoms with E-state index in [1.165, 1.54) is 61.8 Å². The lowest BCUT2D eigenvalue weighted by molar-refractivity contribution is 0.636. The summed E-state index contributed by atoms with van der Waals surface area (Å²) >= 11 is 3.67. The van der Waals surface area contributed by atoms with Crippen LogP contribution in [0.1, 0.15) is 52.4 Å². The van der Waals surface area contributed by atoms with E-state index in [9.17, 15) is 0 Å². The van der Waals surface area contributed by atoms with Crippen molar-refractivity contribution in [1.29, 1.82) is 0 Å². The van der Waals surface area contributed by atoms with Gasteiger partial charge in [-0.25, -0.2) is 0 Å². The fourth-order valence-corrected chi connectivity index (χ4v) is 2.70. The standard InChI is InChI=1S/C16H26BrN/c1-3-5-9-13-18(14-10-6-4-2)16-12-8-7-11-15(16)17/h7-8,11-12H,3-6,9-10,13-14H2,1-2H3. The SMILES string of the molecule is CCCCCN(CCCCC)c1ccccc1Br. The summed E-state index contributed by atoms with van der Waals surface area (Å²) in [7, 11) is 0. The second-order valence-corrected chi connectivity index (χ2v) is 5.71. The molecule has 0 radical (unpaired) electrons. The van der Waals surface area contributed by atoms with Crippen molar-refractivity contribution in [2.24, 2.45) is 0 Å². The van der Waals surface area contributed by atoms with Crippen LogP contribution in [0, 0.1) is 0 Å². The van der Waals surface area contributed by atoms with Crippen molar-refractivity contribution in [2.45, 2.75) is 52.4 Å².